The molecule has 1 N–H and O–H groups in total. The lowest BCUT2D eigenvalue weighted by molar-refractivity contribution is -0.122. The lowest BCUT2D eigenvalue weighted by Crippen LogP contribution is -2.28. The quantitative estimate of drug-likeness (QED) is 0.867. The number of carbonyl (C=O) groups excluding carboxylic acids is 2. The molecule has 27 heavy (non-hydrogen) atoms. The highest BCUT2D eigenvalue weighted by Gasteiger charge is 2.35. The van der Waals surface area contributed by atoms with E-state index in [2.05, 4.69) is 5.32 Å². The Hall–Kier alpha value is -2.96. The maximum Gasteiger partial charge on any atom is 0.229 e. The Labute approximate surface area is 155 Å². The summed E-state index contributed by atoms with van der Waals surface area (Å²) in [5, 5.41) is 2.42. The van der Waals surface area contributed by atoms with E-state index < -0.39 is 23.5 Å². The van der Waals surface area contributed by atoms with E-state index in [1.807, 2.05) is 13.8 Å². The number of hydrogen-bond donors (Lipinski definition) is 1. The Kier molecular flexibility index (Phi) is 5.39. The van der Waals surface area contributed by atoms with Crippen molar-refractivity contribution in [2.75, 3.05) is 16.8 Å². The number of nitrogens with one attached hydrogen (secondary N) is 1. The van der Waals surface area contributed by atoms with Gasteiger partial charge in [-0.25, -0.2) is 8.78 Å². The number of carbonyl (C=O) groups is 2. The fourth-order valence-electron chi connectivity index (χ4n) is 2.94. The molecule has 142 valence electrons. The predicted octanol–water partition coefficient (Wildman–Crippen LogP) is 3.74. The minimum absolute atomic E-state index is 0.0267. The second kappa shape index (κ2) is 7.73. The lowest BCUT2D eigenvalue weighted by atomic mass is 10.1. The van der Waals surface area contributed by atoms with E-state index in [4.69, 9.17) is 4.74 Å². The van der Waals surface area contributed by atoms with E-state index in [-0.39, 0.29) is 30.7 Å². The molecule has 2 amide bonds. The van der Waals surface area contributed by atoms with E-state index in [1.54, 1.807) is 24.3 Å². The second-order valence-corrected chi connectivity index (χ2v) is 6.68. The van der Waals surface area contributed by atoms with Gasteiger partial charge in [-0.1, -0.05) is 0 Å². The van der Waals surface area contributed by atoms with Crippen LogP contribution in [0.3, 0.4) is 0 Å². The van der Waals surface area contributed by atoms with Gasteiger partial charge in [0.05, 0.1) is 17.7 Å². The average molecular weight is 374 g/mol. The van der Waals surface area contributed by atoms with Gasteiger partial charge in [-0.05, 0) is 50.2 Å². The van der Waals surface area contributed by atoms with Crippen molar-refractivity contribution in [1.29, 1.82) is 0 Å². The summed E-state index contributed by atoms with van der Waals surface area (Å²) in [6.45, 7) is 4.04. The molecule has 3 rings (SSSR count). The number of anilines is 2. The van der Waals surface area contributed by atoms with Crippen molar-refractivity contribution in [2.24, 2.45) is 5.92 Å². The van der Waals surface area contributed by atoms with Crippen LogP contribution in [0.25, 0.3) is 0 Å². The van der Waals surface area contributed by atoms with Gasteiger partial charge in [-0.2, -0.15) is 0 Å². The van der Waals surface area contributed by atoms with Crippen molar-refractivity contribution in [3.05, 3.63) is 54.1 Å². The van der Waals surface area contributed by atoms with Crippen LogP contribution in [0.5, 0.6) is 5.75 Å². The Morgan fingerprint density at radius 3 is 2.52 bits per heavy atom. The molecule has 1 fully saturated rings. The van der Waals surface area contributed by atoms with Crippen LogP contribution in [0, 0.1) is 17.6 Å². The molecule has 5 nitrogen and oxygen atoms in total. The molecule has 2 aromatic rings. The van der Waals surface area contributed by atoms with Gasteiger partial charge in [0.2, 0.25) is 11.8 Å². The fourth-order valence-corrected chi connectivity index (χ4v) is 2.94. The first kappa shape index (κ1) is 18.8. The zero-order valence-electron chi connectivity index (χ0n) is 15.0. The smallest absolute Gasteiger partial charge is 0.229 e. The van der Waals surface area contributed by atoms with Crippen LogP contribution in [0.15, 0.2) is 42.5 Å². The summed E-state index contributed by atoms with van der Waals surface area (Å²) in [4.78, 5) is 26.2. The minimum Gasteiger partial charge on any atom is -0.491 e. The van der Waals surface area contributed by atoms with Gasteiger partial charge < -0.3 is 15.0 Å². The summed E-state index contributed by atoms with van der Waals surface area (Å²) >= 11 is 0. The molecule has 0 bridgehead atoms. The number of nitrogens with zero attached hydrogens (tertiary/aromatic N) is 1. The van der Waals surface area contributed by atoms with E-state index in [1.165, 1.54) is 4.90 Å². The topological polar surface area (TPSA) is 58.6 Å². The van der Waals surface area contributed by atoms with Gasteiger partial charge in [0, 0.05) is 24.7 Å². The van der Waals surface area contributed by atoms with Crippen molar-refractivity contribution in [1.82, 2.24) is 0 Å². The maximum atomic E-state index is 13.7. The van der Waals surface area contributed by atoms with Crippen LogP contribution in [0.4, 0.5) is 20.2 Å². The van der Waals surface area contributed by atoms with Crippen LogP contribution in [0.1, 0.15) is 20.3 Å². The van der Waals surface area contributed by atoms with Gasteiger partial charge >= 0.3 is 0 Å². The van der Waals surface area contributed by atoms with Gasteiger partial charge in [-0.15, -0.1) is 0 Å². The fraction of sp³-hybridized carbons (Fsp3) is 0.300. The lowest BCUT2D eigenvalue weighted by Gasteiger charge is -2.18. The van der Waals surface area contributed by atoms with Gasteiger partial charge in [-0.3, -0.25) is 9.59 Å². The normalized spacial score (nSPS) is 16.7. The van der Waals surface area contributed by atoms with Crippen molar-refractivity contribution < 1.29 is 23.1 Å². The predicted molar refractivity (Wildman–Crippen MR) is 97.7 cm³/mol. The average Bonchev–Trinajstić information content (AvgIpc) is 2.99. The molecule has 0 aliphatic carbocycles. The number of ether oxygens (including phenoxy) is 1. The van der Waals surface area contributed by atoms with Crippen LogP contribution >= 0.6 is 0 Å². The highest BCUT2D eigenvalue weighted by molar-refractivity contribution is 6.03. The van der Waals surface area contributed by atoms with E-state index in [9.17, 15) is 18.4 Å². The Bertz CT molecular complexity index is 853. The van der Waals surface area contributed by atoms with Crippen molar-refractivity contribution in [2.45, 2.75) is 26.4 Å². The van der Waals surface area contributed by atoms with Crippen molar-refractivity contribution in [3.8, 4) is 5.75 Å². The molecule has 0 spiro atoms. The minimum atomic E-state index is -0.856. The van der Waals surface area contributed by atoms with Crippen molar-refractivity contribution >= 4 is 23.2 Å². The third-order valence-corrected chi connectivity index (χ3v) is 4.21. The van der Waals surface area contributed by atoms with Gasteiger partial charge in [0.15, 0.2) is 0 Å². The molecule has 1 atom stereocenters. The third-order valence-electron chi connectivity index (χ3n) is 4.21. The molecular formula is C20H20F2N2O3. The molecule has 0 unspecified atom stereocenters. The van der Waals surface area contributed by atoms with Crippen LogP contribution in [-0.2, 0) is 9.59 Å². The molecule has 2 aromatic carbocycles. The zero-order chi connectivity index (χ0) is 19.6. The summed E-state index contributed by atoms with van der Waals surface area (Å²) in [5.41, 5.74) is 0.557. The van der Waals surface area contributed by atoms with Crippen molar-refractivity contribution in [3.63, 3.8) is 0 Å². The van der Waals surface area contributed by atoms with E-state index in [0.717, 1.165) is 12.1 Å². The molecule has 1 heterocycles. The molecule has 7 heteroatoms. The number of rotatable bonds is 5. The first-order chi connectivity index (χ1) is 12.8. The number of hydrogen-bond acceptors (Lipinski definition) is 3. The molecule has 0 radical (unpaired) electrons. The Balaban J connectivity index is 1.66. The molecule has 1 aliphatic heterocycles. The monoisotopic (exact) mass is 374 g/mol. The van der Waals surface area contributed by atoms with Crippen LogP contribution in [0.2, 0.25) is 0 Å². The molecule has 0 saturated carbocycles. The molecule has 0 aromatic heterocycles. The molecule has 1 aliphatic rings. The van der Waals surface area contributed by atoms with Gasteiger partial charge in [0.1, 0.15) is 17.4 Å². The standard InChI is InChI=1S/C20H20F2N2O3/c1-12(2)27-16-6-4-15(5-7-16)24-11-13(9-19(24)25)20(26)23-18-8-3-14(21)10-17(18)22/h3-8,10,12-13H,9,11H2,1-2H3,(H,23,26)/t13-/m1/s1. The largest absolute Gasteiger partial charge is 0.491 e. The first-order valence-electron chi connectivity index (χ1n) is 8.66. The molecule has 1 saturated heterocycles. The van der Waals surface area contributed by atoms with E-state index >= 15 is 0 Å². The number of halogens is 2. The van der Waals surface area contributed by atoms with Crippen LogP contribution in [-0.4, -0.2) is 24.5 Å². The highest BCUT2D eigenvalue weighted by Crippen LogP contribution is 2.28. The summed E-state index contributed by atoms with van der Waals surface area (Å²) in [5.74, 6) is -2.17. The SMILES string of the molecule is CC(C)Oc1ccc(N2C[C@H](C(=O)Nc3ccc(F)cc3F)CC2=O)cc1. The molecular weight excluding hydrogens is 354 g/mol. The van der Waals surface area contributed by atoms with E-state index in [0.29, 0.717) is 17.5 Å². The second-order valence-electron chi connectivity index (χ2n) is 6.68. The summed E-state index contributed by atoms with van der Waals surface area (Å²) in [6.07, 6.45) is 0.0722. The zero-order valence-corrected chi connectivity index (χ0v) is 15.0. The first-order valence-corrected chi connectivity index (χ1v) is 8.66. The van der Waals surface area contributed by atoms with Crippen LogP contribution < -0.4 is 15.0 Å². The summed E-state index contributed by atoms with van der Waals surface area (Å²) < 4.78 is 32.2. The Morgan fingerprint density at radius 2 is 1.89 bits per heavy atom. The number of amides is 2. The third kappa shape index (κ3) is 4.42. The summed E-state index contributed by atoms with van der Waals surface area (Å²) in [7, 11) is 0. The summed E-state index contributed by atoms with van der Waals surface area (Å²) in [6, 6.07) is 9.97. The Morgan fingerprint density at radius 1 is 1.19 bits per heavy atom. The van der Waals surface area contributed by atoms with Gasteiger partial charge in [0.25, 0.3) is 0 Å². The number of benzene rings is 2. The maximum absolute atomic E-state index is 13.7. The highest BCUT2D eigenvalue weighted by atomic mass is 19.1.